The molecule has 0 saturated carbocycles. The molecule has 2 aromatic carbocycles. The normalized spacial score (nSPS) is 11.8. The number of halogens is 3. The van der Waals surface area contributed by atoms with E-state index >= 15 is 0 Å². The summed E-state index contributed by atoms with van der Waals surface area (Å²) in [5.74, 6) is -0.257. The number of nitrogens with zero attached hydrogens (tertiary/aromatic N) is 1. The van der Waals surface area contributed by atoms with Crippen molar-refractivity contribution in [2.24, 2.45) is 0 Å². The maximum Gasteiger partial charge on any atom is 0.238 e. The zero-order valence-electron chi connectivity index (χ0n) is 14.1. The van der Waals surface area contributed by atoms with E-state index in [1.54, 1.807) is 6.20 Å². The maximum atomic E-state index is 12.4. The van der Waals surface area contributed by atoms with E-state index in [0.29, 0.717) is 20.8 Å². The van der Waals surface area contributed by atoms with E-state index in [0.717, 1.165) is 11.3 Å². The Morgan fingerprint density at radius 2 is 1.63 bits per heavy atom. The number of carbonyl (C=O) groups excluding carboxylic acids is 1. The molecule has 0 aliphatic rings. The predicted octanol–water partition coefficient (Wildman–Crippen LogP) is 5.36. The lowest BCUT2D eigenvalue weighted by Gasteiger charge is -2.19. The third kappa shape index (κ3) is 5.21. The SMILES string of the molecule is O=C(CNC(c1ccccc1)c1ccccn1)Nc1cc(Cl)c(Cl)cc1Cl. The number of hydrogen-bond acceptors (Lipinski definition) is 3. The van der Waals surface area contributed by atoms with Crippen LogP contribution in [0.5, 0.6) is 0 Å². The van der Waals surface area contributed by atoms with E-state index in [1.807, 2.05) is 48.5 Å². The Balaban J connectivity index is 1.72. The Kier molecular flexibility index (Phi) is 6.69. The summed E-state index contributed by atoms with van der Waals surface area (Å²) < 4.78 is 0. The van der Waals surface area contributed by atoms with Gasteiger partial charge in [0, 0.05) is 6.20 Å². The number of anilines is 1. The van der Waals surface area contributed by atoms with Gasteiger partial charge in [-0.3, -0.25) is 15.1 Å². The third-order valence-electron chi connectivity index (χ3n) is 3.87. The molecule has 7 heteroatoms. The van der Waals surface area contributed by atoms with Crippen LogP contribution in [0.3, 0.4) is 0 Å². The molecule has 0 fully saturated rings. The van der Waals surface area contributed by atoms with Crippen molar-refractivity contribution in [3.05, 3.63) is 93.2 Å². The summed E-state index contributed by atoms with van der Waals surface area (Å²) in [5.41, 5.74) is 2.24. The predicted molar refractivity (Wildman–Crippen MR) is 111 cm³/mol. The van der Waals surface area contributed by atoms with Gasteiger partial charge in [0.25, 0.3) is 0 Å². The molecule has 1 heterocycles. The van der Waals surface area contributed by atoms with Crippen molar-refractivity contribution >= 4 is 46.4 Å². The molecule has 2 N–H and O–H groups in total. The van der Waals surface area contributed by atoms with Crippen molar-refractivity contribution in [1.29, 1.82) is 0 Å². The fourth-order valence-corrected chi connectivity index (χ4v) is 3.19. The molecule has 0 aliphatic heterocycles. The quantitative estimate of drug-likeness (QED) is 0.528. The van der Waals surface area contributed by atoms with Gasteiger partial charge in [0.2, 0.25) is 5.91 Å². The summed E-state index contributed by atoms with van der Waals surface area (Å²) in [4.78, 5) is 16.8. The van der Waals surface area contributed by atoms with Gasteiger partial charge in [-0.1, -0.05) is 71.2 Å². The molecule has 0 radical (unpaired) electrons. The Labute approximate surface area is 172 Å². The van der Waals surface area contributed by atoms with Crippen LogP contribution < -0.4 is 10.6 Å². The summed E-state index contributed by atoms with van der Waals surface area (Å²) in [6, 6.07) is 18.3. The van der Waals surface area contributed by atoms with Crippen molar-refractivity contribution in [3.8, 4) is 0 Å². The molecule has 1 aromatic heterocycles. The monoisotopic (exact) mass is 419 g/mol. The first-order chi connectivity index (χ1) is 13.0. The molecule has 3 rings (SSSR count). The lowest BCUT2D eigenvalue weighted by atomic mass is 10.0. The Morgan fingerprint density at radius 3 is 2.33 bits per heavy atom. The Bertz CT molecular complexity index is 881. The number of hydrogen-bond donors (Lipinski definition) is 2. The fourth-order valence-electron chi connectivity index (χ4n) is 2.59. The summed E-state index contributed by atoms with van der Waals surface area (Å²) in [6.45, 7) is 0.0622. The van der Waals surface area contributed by atoms with Crippen LogP contribution in [0.15, 0.2) is 66.9 Å². The van der Waals surface area contributed by atoms with Crippen molar-refractivity contribution < 1.29 is 4.79 Å². The minimum atomic E-state index is -0.257. The molecule has 0 bridgehead atoms. The van der Waals surface area contributed by atoms with Gasteiger partial charge >= 0.3 is 0 Å². The molecular formula is C20H16Cl3N3O. The van der Waals surface area contributed by atoms with E-state index in [4.69, 9.17) is 34.8 Å². The van der Waals surface area contributed by atoms with Crippen molar-refractivity contribution in [2.75, 3.05) is 11.9 Å². The fraction of sp³-hybridized carbons (Fsp3) is 0.100. The number of benzene rings is 2. The number of pyridine rings is 1. The third-order valence-corrected chi connectivity index (χ3v) is 4.90. The minimum Gasteiger partial charge on any atom is -0.324 e. The molecule has 0 saturated heterocycles. The van der Waals surface area contributed by atoms with Gasteiger partial charge in [0.05, 0.1) is 39.0 Å². The minimum absolute atomic E-state index is 0.0622. The molecule has 4 nitrogen and oxygen atoms in total. The molecule has 27 heavy (non-hydrogen) atoms. The van der Waals surface area contributed by atoms with Crippen LogP contribution in [-0.4, -0.2) is 17.4 Å². The van der Waals surface area contributed by atoms with Gasteiger partial charge in [-0.15, -0.1) is 0 Å². The second-order valence-electron chi connectivity index (χ2n) is 5.77. The Hall–Kier alpha value is -2.11. The number of amides is 1. The van der Waals surface area contributed by atoms with Crippen LogP contribution in [0.25, 0.3) is 0 Å². The van der Waals surface area contributed by atoms with Crippen LogP contribution in [0.4, 0.5) is 5.69 Å². The van der Waals surface area contributed by atoms with Gasteiger partial charge < -0.3 is 5.32 Å². The smallest absolute Gasteiger partial charge is 0.238 e. The molecule has 1 amide bonds. The molecule has 1 unspecified atom stereocenters. The Morgan fingerprint density at radius 1 is 0.926 bits per heavy atom. The average molecular weight is 421 g/mol. The van der Waals surface area contributed by atoms with Gasteiger partial charge in [-0.05, 0) is 29.8 Å². The number of rotatable bonds is 6. The second kappa shape index (κ2) is 9.20. The van der Waals surface area contributed by atoms with Gasteiger partial charge in [-0.2, -0.15) is 0 Å². The summed E-state index contributed by atoms with van der Waals surface area (Å²) in [6.07, 6.45) is 1.72. The molecule has 1 atom stereocenters. The topological polar surface area (TPSA) is 54.0 Å². The first kappa shape index (κ1) is 19.6. The zero-order chi connectivity index (χ0) is 19.2. The first-order valence-electron chi connectivity index (χ1n) is 8.18. The molecule has 0 spiro atoms. The van der Waals surface area contributed by atoms with Gasteiger partial charge in [0.15, 0.2) is 0 Å². The van der Waals surface area contributed by atoms with Crippen molar-refractivity contribution in [2.45, 2.75) is 6.04 Å². The summed E-state index contributed by atoms with van der Waals surface area (Å²) >= 11 is 18.0. The van der Waals surface area contributed by atoms with Crippen LogP contribution in [0.2, 0.25) is 15.1 Å². The highest BCUT2D eigenvalue weighted by Crippen LogP contribution is 2.32. The van der Waals surface area contributed by atoms with E-state index in [-0.39, 0.29) is 18.5 Å². The molecule has 138 valence electrons. The standard InChI is InChI=1S/C20H16Cl3N3O/c21-14-10-16(23)18(11-15(14)22)26-19(27)12-25-20(13-6-2-1-3-7-13)17-8-4-5-9-24-17/h1-11,20,25H,12H2,(H,26,27). The van der Waals surface area contributed by atoms with Crippen LogP contribution in [0.1, 0.15) is 17.3 Å². The highest BCUT2D eigenvalue weighted by atomic mass is 35.5. The lowest BCUT2D eigenvalue weighted by molar-refractivity contribution is -0.115. The largest absolute Gasteiger partial charge is 0.324 e. The van der Waals surface area contributed by atoms with E-state index in [1.165, 1.54) is 12.1 Å². The van der Waals surface area contributed by atoms with E-state index in [9.17, 15) is 4.79 Å². The highest BCUT2D eigenvalue weighted by Gasteiger charge is 2.16. The van der Waals surface area contributed by atoms with Crippen LogP contribution in [0, 0.1) is 0 Å². The number of aromatic nitrogens is 1. The molecular weight excluding hydrogens is 405 g/mol. The molecule has 0 aliphatic carbocycles. The number of carbonyl (C=O) groups is 1. The summed E-state index contributed by atoms with van der Waals surface area (Å²) in [5, 5.41) is 6.95. The van der Waals surface area contributed by atoms with Crippen molar-refractivity contribution in [3.63, 3.8) is 0 Å². The lowest BCUT2D eigenvalue weighted by Crippen LogP contribution is -2.32. The zero-order valence-corrected chi connectivity index (χ0v) is 16.4. The van der Waals surface area contributed by atoms with Gasteiger partial charge in [0.1, 0.15) is 0 Å². The first-order valence-corrected chi connectivity index (χ1v) is 9.31. The molecule has 3 aromatic rings. The maximum absolute atomic E-state index is 12.4. The second-order valence-corrected chi connectivity index (χ2v) is 7.00. The van der Waals surface area contributed by atoms with E-state index < -0.39 is 0 Å². The number of nitrogens with one attached hydrogen (secondary N) is 2. The van der Waals surface area contributed by atoms with Gasteiger partial charge in [-0.25, -0.2) is 0 Å². The van der Waals surface area contributed by atoms with Crippen LogP contribution in [-0.2, 0) is 4.79 Å². The van der Waals surface area contributed by atoms with Crippen LogP contribution >= 0.6 is 34.8 Å². The van der Waals surface area contributed by atoms with E-state index in [2.05, 4.69) is 15.6 Å². The summed E-state index contributed by atoms with van der Waals surface area (Å²) in [7, 11) is 0. The highest BCUT2D eigenvalue weighted by molar-refractivity contribution is 6.44. The van der Waals surface area contributed by atoms with Crippen molar-refractivity contribution in [1.82, 2.24) is 10.3 Å². The average Bonchev–Trinajstić information content (AvgIpc) is 2.68.